The van der Waals surface area contributed by atoms with E-state index in [1.54, 1.807) is 6.20 Å². The van der Waals surface area contributed by atoms with E-state index in [0.717, 1.165) is 22.8 Å². The lowest BCUT2D eigenvalue weighted by Crippen LogP contribution is -2.08. The number of aromatic nitrogens is 3. The van der Waals surface area contributed by atoms with Crippen LogP contribution in [-0.2, 0) is 17.6 Å². The van der Waals surface area contributed by atoms with Gasteiger partial charge in [-0.05, 0) is 49.7 Å². The summed E-state index contributed by atoms with van der Waals surface area (Å²) in [7, 11) is 0. The second kappa shape index (κ2) is 7.41. The third-order valence-corrected chi connectivity index (χ3v) is 3.96. The van der Waals surface area contributed by atoms with Gasteiger partial charge in [-0.15, -0.1) is 0 Å². The summed E-state index contributed by atoms with van der Waals surface area (Å²) in [4.78, 5) is 16.4. The van der Waals surface area contributed by atoms with Crippen LogP contribution in [0.2, 0.25) is 5.02 Å². The number of aryl methyl sites for hydroxylation is 2. The van der Waals surface area contributed by atoms with Crippen LogP contribution in [0.1, 0.15) is 23.5 Å². The second-order valence-electron chi connectivity index (χ2n) is 5.71. The van der Waals surface area contributed by atoms with E-state index in [2.05, 4.69) is 10.1 Å². The monoisotopic (exact) mass is 339 g/mol. The molecule has 0 aliphatic heterocycles. The van der Waals surface area contributed by atoms with Crippen LogP contribution in [0.25, 0.3) is 5.69 Å². The number of hydrogen-bond acceptors (Lipinski definition) is 3. The number of carbonyl (C=O) groups excluding carboxylic acids is 1. The largest absolute Gasteiger partial charge is 0.299 e. The number of halogens is 1. The van der Waals surface area contributed by atoms with Crippen molar-refractivity contribution < 1.29 is 4.79 Å². The molecular formula is C19H18ClN3O. The summed E-state index contributed by atoms with van der Waals surface area (Å²) in [5.41, 5.74) is 3.64. The third-order valence-electron chi connectivity index (χ3n) is 3.72. The van der Waals surface area contributed by atoms with Crippen LogP contribution in [0, 0.1) is 6.92 Å². The summed E-state index contributed by atoms with van der Waals surface area (Å²) in [5.74, 6) is 0.171. The quantitative estimate of drug-likeness (QED) is 0.682. The maximum atomic E-state index is 12.2. The summed E-state index contributed by atoms with van der Waals surface area (Å²) >= 11 is 6.07. The molecule has 0 aliphatic carbocycles. The van der Waals surface area contributed by atoms with E-state index in [1.807, 2.05) is 60.1 Å². The normalized spacial score (nSPS) is 10.8. The minimum Gasteiger partial charge on any atom is -0.299 e. The molecule has 0 amide bonds. The molecule has 0 spiro atoms. The average molecular weight is 340 g/mol. The molecule has 0 saturated carbocycles. The zero-order valence-electron chi connectivity index (χ0n) is 13.4. The van der Waals surface area contributed by atoms with E-state index in [0.29, 0.717) is 24.3 Å². The van der Waals surface area contributed by atoms with Crippen molar-refractivity contribution >= 4 is 17.4 Å². The number of ketones is 1. The molecule has 0 radical (unpaired) electrons. The molecule has 0 unspecified atom stereocenters. The first-order valence-electron chi connectivity index (χ1n) is 7.85. The molecule has 1 aromatic carbocycles. The Kier molecular flexibility index (Phi) is 5.06. The Balaban J connectivity index is 1.71. The number of rotatable bonds is 6. The van der Waals surface area contributed by atoms with Crippen LogP contribution in [-0.4, -0.2) is 20.5 Å². The molecule has 122 valence electrons. The van der Waals surface area contributed by atoms with E-state index in [4.69, 9.17) is 11.6 Å². The fraction of sp³-hybridized carbons (Fsp3) is 0.211. The minimum absolute atomic E-state index is 0.171. The molecule has 4 nitrogen and oxygen atoms in total. The van der Waals surface area contributed by atoms with Crippen LogP contribution in [0.5, 0.6) is 0 Å². The lowest BCUT2D eigenvalue weighted by Gasteiger charge is -2.07. The van der Waals surface area contributed by atoms with Gasteiger partial charge in [-0.2, -0.15) is 5.10 Å². The van der Waals surface area contributed by atoms with E-state index >= 15 is 0 Å². The van der Waals surface area contributed by atoms with Crippen LogP contribution in [0.15, 0.2) is 54.7 Å². The molecule has 3 aromatic rings. The van der Waals surface area contributed by atoms with Crippen LogP contribution in [0.4, 0.5) is 0 Å². The van der Waals surface area contributed by atoms with Gasteiger partial charge in [0.15, 0.2) is 0 Å². The van der Waals surface area contributed by atoms with Crippen molar-refractivity contribution in [3.63, 3.8) is 0 Å². The summed E-state index contributed by atoms with van der Waals surface area (Å²) in [6, 6.07) is 15.2. The van der Waals surface area contributed by atoms with Gasteiger partial charge in [-0.1, -0.05) is 23.7 Å². The molecule has 0 aliphatic rings. The van der Waals surface area contributed by atoms with Crippen molar-refractivity contribution in [3.8, 4) is 5.69 Å². The topological polar surface area (TPSA) is 47.8 Å². The van der Waals surface area contributed by atoms with Gasteiger partial charge in [0, 0.05) is 35.4 Å². The number of nitrogens with zero attached hydrogens (tertiary/aromatic N) is 3. The zero-order chi connectivity index (χ0) is 16.9. The van der Waals surface area contributed by atoms with E-state index < -0.39 is 0 Å². The highest BCUT2D eigenvalue weighted by Gasteiger charge is 2.11. The summed E-state index contributed by atoms with van der Waals surface area (Å²) in [6.45, 7) is 1.94. The van der Waals surface area contributed by atoms with E-state index in [9.17, 15) is 4.79 Å². The molecule has 0 N–H and O–H groups in total. The number of pyridine rings is 1. The smallest absolute Gasteiger partial charge is 0.139 e. The number of hydrogen-bond donors (Lipinski definition) is 0. The number of carbonyl (C=O) groups is 1. The molecule has 0 fully saturated rings. The summed E-state index contributed by atoms with van der Waals surface area (Å²) in [6.07, 6.45) is 3.17. The van der Waals surface area contributed by atoms with Gasteiger partial charge in [0.1, 0.15) is 5.78 Å². The fourth-order valence-electron chi connectivity index (χ4n) is 2.62. The van der Waals surface area contributed by atoms with Gasteiger partial charge in [0.2, 0.25) is 0 Å². The molecule has 2 aromatic heterocycles. The van der Waals surface area contributed by atoms with Gasteiger partial charge in [-0.3, -0.25) is 9.78 Å². The van der Waals surface area contributed by atoms with Crippen LogP contribution in [0.3, 0.4) is 0 Å². The van der Waals surface area contributed by atoms with Crippen molar-refractivity contribution in [2.75, 3.05) is 0 Å². The van der Waals surface area contributed by atoms with Gasteiger partial charge >= 0.3 is 0 Å². The van der Waals surface area contributed by atoms with E-state index in [1.165, 1.54) is 0 Å². The van der Waals surface area contributed by atoms with Crippen molar-refractivity contribution in [3.05, 3.63) is 76.8 Å². The van der Waals surface area contributed by atoms with Crippen LogP contribution >= 0.6 is 11.6 Å². The van der Waals surface area contributed by atoms with Gasteiger partial charge in [0.25, 0.3) is 0 Å². The Morgan fingerprint density at radius 3 is 2.79 bits per heavy atom. The van der Waals surface area contributed by atoms with Crippen LogP contribution < -0.4 is 0 Å². The molecule has 24 heavy (non-hydrogen) atoms. The summed E-state index contributed by atoms with van der Waals surface area (Å²) < 4.78 is 1.86. The standard InChI is InChI=1S/C19H18ClN3O/c1-14-11-18(23(22-14)17-7-4-5-15(20)12-17)8-9-19(24)13-16-6-2-3-10-21-16/h2-7,10-12H,8-9,13H2,1H3. The van der Waals surface area contributed by atoms with Gasteiger partial charge < -0.3 is 0 Å². The Morgan fingerprint density at radius 2 is 2.04 bits per heavy atom. The van der Waals surface area contributed by atoms with Gasteiger partial charge in [0.05, 0.1) is 11.4 Å². The predicted octanol–water partition coefficient (Wildman–Crippen LogP) is 3.97. The first kappa shape index (κ1) is 16.4. The van der Waals surface area contributed by atoms with Crippen molar-refractivity contribution in [1.82, 2.24) is 14.8 Å². The first-order chi connectivity index (χ1) is 11.6. The van der Waals surface area contributed by atoms with E-state index in [-0.39, 0.29) is 5.78 Å². The fourth-order valence-corrected chi connectivity index (χ4v) is 2.81. The van der Waals surface area contributed by atoms with Crippen molar-refractivity contribution in [2.24, 2.45) is 0 Å². The zero-order valence-corrected chi connectivity index (χ0v) is 14.2. The molecule has 0 bridgehead atoms. The highest BCUT2D eigenvalue weighted by Crippen LogP contribution is 2.18. The Morgan fingerprint density at radius 1 is 1.17 bits per heavy atom. The first-order valence-corrected chi connectivity index (χ1v) is 8.23. The minimum atomic E-state index is 0.171. The molecule has 0 atom stereocenters. The van der Waals surface area contributed by atoms with Gasteiger partial charge in [-0.25, -0.2) is 4.68 Å². The maximum Gasteiger partial charge on any atom is 0.139 e. The SMILES string of the molecule is Cc1cc(CCC(=O)Cc2ccccn2)n(-c2cccc(Cl)c2)n1. The third kappa shape index (κ3) is 4.09. The van der Waals surface area contributed by atoms with Crippen molar-refractivity contribution in [2.45, 2.75) is 26.2 Å². The summed E-state index contributed by atoms with van der Waals surface area (Å²) in [5, 5.41) is 5.18. The second-order valence-corrected chi connectivity index (χ2v) is 6.14. The Hall–Kier alpha value is -2.46. The predicted molar refractivity (Wildman–Crippen MR) is 94.6 cm³/mol. The average Bonchev–Trinajstić information content (AvgIpc) is 2.95. The highest BCUT2D eigenvalue weighted by molar-refractivity contribution is 6.30. The maximum absolute atomic E-state index is 12.2. The lowest BCUT2D eigenvalue weighted by molar-refractivity contribution is -0.118. The van der Waals surface area contributed by atoms with Crippen molar-refractivity contribution in [1.29, 1.82) is 0 Å². The Bertz CT molecular complexity index is 843. The molecule has 3 rings (SSSR count). The Labute approximate surface area is 146 Å². The molecule has 5 heteroatoms. The molecular weight excluding hydrogens is 322 g/mol. The highest BCUT2D eigenvalue weighted by atomic mass is 35.5. The molecule has 2 heterocycles. The number of benzene rings is 1. The number of Topliss-reactive ketones (excluding diaryl/α,β-unsaturated/α-hetero) is 1. The lowest BCUT2D eigenvalue weighted by atomic mass is 10.1. The molecule has 0 saturated heterocycles.